The largest absolute Gasteiger partial charge is 0.478 e. The molecule has 1 aliphatic rings. The molecule has 0 unspecified atom stereocenters. The Morgan fingerprint density at radius 3 is 2.41 bits per heavy atom. The number of nitrogens with two attached hydrogens (primary N) is 1. The number of pyridine rings is 2. The predicted molar refractivity (Wildman–Crippen MR) is 116 cm³/mol. The number of anilines is 1. The van der Waals surface area contributed by atoms with Gasteiger partial charge in [-0.2, -0.15) is 0 Å². The van der Waals surface area contributed by atoms with Crippen molar-refractivity contribution in [1.82, 2.24) is 14.9 Å². The zero-order chi connectivity index (χ0) is 22.6. The van der Waals surface area contributed by atoms with Crippen LogP contribution in [0, 0.1) is 0 Å². The Balaban J connectivity index is 1.62. The summed E-state index contributed by atoms with van der Waals surface area (Å²) in [6.45, 7) is 0. The third-order valence-corrected chi connectivity index (χ3v) is 5.32. The number of carboxylic acids is 1. The van der Waals surface area contributed by atoms with Gasteiger partial charge in [0.15, 0.2) is 0 Å². The maximum absolute atomic E-state index is 12.6. The average molecular weight is 426 g/mol. The highest BCUT2D eigenvalue weighted by molar-refractivity contribution is 6.23. The van der Waals surface area contributed by atoms with Crippen LogP contribution in [0.3, 0.4) is 0 Å². The highest BCUT2D eigenvalue weighted by Crippen LogP contribution is 2.27. The first-order valence-electron chi connectivity index (χ1n) is 9.50. The molecule has 4 N–H and O–H groups in total. The molecule has 9 nitrogen and oxygen atoms in total. The molecule has 5 rings (SSSR count). The lowest BCUT2D eigenvalue weighted by atomic mass is 10.0. The molecule has 9 heteroatoms. The molecule has 0 bridgehead atoms. The molecule has 2 amide bonds. The second-order valence-electron chi connectivity index (χ2n) is 7.20. The van der Waals surface area contributed by atoms with E-state index in [1.165, 1.54) is 6.07 Å². The van der Waals surface area contributed by atoms with Crippen LogP contribution in [-0.2, 0) is 0 Å². The predicted octanol–water partition coefficient (Wildman–Crippen LogP) is 2.22. The van der Waals surface area contributed by atoms with Gasteiger partial charge in [0.05, 0.1) is 33.6 Å². The topological polar surface area (TPSA) is 144 Å². The van der Waals surface area contributed by atoms with Crippen molar-refractivity contribution < 1.29 is 19.5 Å². The van der Waals surface area contributed by atoms with E-state index in [9.17, 15) is 24.3 Å². The third kappa shape index (κ3) is 2.83. The van der Waals surface area contributed by atoms with Gasteiger partial charge in [0.1, 0.15) is 5.82 Å². The number of nitrogens with one attached hydrogen (secondary N) is 1. The third-order valence-electron chi connectivity index (χ3n) is 5.32. The van der Waals surface area contributed by atoms with Crippen LogP contribution in [0.25, 0.3) is 27.8 Å². The second kappa shape index (κ2) is 6.88. The van der Waals surface area contributed by atoms with Crippen molar-refractivity contribution in [2.45, 2.75) is 0 Å². The number of carboxylic acid groups (broad SMARTS) is 1. The van der Waals surface area contributed by atoms with E-state index < -0.39 is 23.3 Å². The second-order valence-corrected chi connectivity index (χ2v) is 7.20. The maximum atomic E-state index is 12.6. The summed E-state index contributed by atoms with van der Waals surface area (Å²) in [6, 6.07) is 16.1. The summed E-state index contributed by atoms with van der Waals surface area (Å²) in [7, 11) is 0. The molecule has 0 fully saturated rings. The first-order chi connectivity index (χ1) is 15.3. The number of nitrogen functional groups attached to an aromatic ring is 1. The number of imide groups is 1. The minimum Gasteiger partial charge on any atom is -0.478 e. The molecular weight excluding hydrogens is 412 g/mol. The zero-order valence-electron chi connectivity index (χ0n) is 16.3. The van der Waals surface area contributed by atoms with E-state index in [4.69, 9.17) is 5.73 Å². The van der Waals surface area contributed by atoms with E-state index in [-0.39, 0.29) is 22.5 Å². The number of para-hydroxylation sites is 1. The van der Waals surface area contributed by atoms with Crippen molar-refractivity contribution in [1.29, 1.82) is 0 Å². The lowest BCUT2D eigenvalue weighted by molar-refractivity contribution is 0.0698. The van der Waals surface area contributed by atoms with Crippen LogP contribution in [0.1, 0.15) is 31.1 Å². The van der Waals surface area contributed by atoms with Crippen LogP contribution in [0.15, 0.2) is 65.5 Å². The number of aromatic carboxylic acids is 1. The molecule has 1 aliphatic heterocycles. The smallest absolute Gasteiger partial charge is 0.336 e. The minimum absolute atomic E-state index is 0.0408. The lowest BCUT2D eigenvalue weighted by Crippen LogP contribution is -2.24. The van der Waals surface area contributed by atoms with Gasteiger partial charge in [-0.1, -0.05) is 30.3 Å². The van der Waals surface area contributed by atoms with Gasteiger partial charge in [-0.25, -0.2) is 9.78 Å². The van der Waals surface area contributed by atoms with Crippen molar-refractivity contribution in [3.63, 3.8) is 0 Å². The number of carbonyl (C=O) groups excluding carboxylic acids is 2. The number of aromatic nitrogens is 2. The molecule has 2 aromatic heterocycles. The van der Waals surface area contributed by atoms with E-state index in [1.807, 2.05) is 0 Å². The first-order valence-corrected chi connectivity index (χ1v) is 9.50. The van der Waals surface area contributed by atoms with Gasteiger partial charge >= 0.3 is 5.97 Å². The van der Waals surface area contributed by atoms with Crippen LogP contribution >= 0.6 is 0 Å². The van der Waals surface area contributed by atoms with Crippen LogP contribution in [0.4, 0.5) is 5.82 Å². The summed E-state index contributed by atoms with van der Waals surface area (Å²) >= 11 is 0. The van der Waals surface area contributed by atoms with Gasteiger partial charge in [0, 0.05) is 17.0 Å². The number of hydrogen-bond donors (Lipinski definition) is 3. The van der Waals surface area contributed by atoms with Crippen LogP contribution in [0.5, 0.6) is 0 Å². The number of nitrogens with zero attached hydrogens (tertiary/aromatic N) is 2. The number of carbonyl (C=O) groups is 3. The molecule has 0 spiro atoms. The minimum atomic E-state index is -1.06. The monoisotopic (exact) mass is 426 g/mol. The Morgan fingerprint density at radius 2 is 1.69 bits per heavy atom. The SMILES string of the molecule is Nc1c2c(cc(=O)n1-c1ccc(-c3cc(C(=O)O)c4ccccc4n3)cc1)C(=O)NC2=O. The van der Waals surface area contributed by atoms with Crippen molar-refractivity contribution in [3.8, 4) is 16.9 Å². The molecule has 2 aromatic carbocycles. The van der Waals surface area contributed by atoms with Gasteiger partial charge in [0.2, 0.25) is 0 Å². The van der Waals surface area contributed by atoms with Gasteiger partial charge < -0.3 is 10.8 Å². The summed E-state index contributed by atoms with van der Waals surface area (Å²) in [5.41, 5.74) is 7.54. The van der Waals surface area contributed by atoms with E-state index in [2.05, 4.69) is 10.3 Å². The average Bonchev–Trinajstić information content (AvgIpc) is 3.06. The van der Waals surface area contributed by atoms with Gasteiger partial charge in [-0.3, -0.25) is 24.3 Å². The van der Waals surface area contributed by atoms with Crippen LogP contribution < -0.4 is 16.6 Å². The fraction of sp³-hybridized carbons (Fsp3) is 0. The maximum Gasteiger partial charge on any atom is 0.336 e. The van der Waals surface area contributed by atoms with Gasteiger partial charge in [-0.05, 0) is 24.3 Å². The van der Waals surface area contributed by atoms with Gasteiger partial charge in [0.25, 0.3) is 17.4 Å². The number of amides is 2. The molecule has 0 atom stereocenters. The summed E-state index contributed by atoms with van der Waals surface area (Å²) < 4.78 is 1.14. The molecule has 32 heavy (non-hydrogen) atoms. The molecule has 0 aliphatic carbocycles. The van der Waals surface area contributed by atoms with Crippen LogP contribution in [-0.4, -0.2) is 32.4 Å². The zero-order valence-corrected chi connectivity index (χ0v) is 16.3. The summed E-state index contributed by atoms with van der Waals surface area (Å²) in [4.78, 5) is 52.7. The molecule has 156 valence electrons. The van der Waals surface area contributed by atoms with E-state index in [0.717, 1.165) is 10.6 Å². The number of hydrogen-bond acceptors (Lipinski definition) is 6. The van der Waals surface area contributed by atoms with E-state index >= 15 is 0 Å². The Morgan fingerprint density at radius 1 is 0.969 bits per heavy atom. The molecular formula is C23H14N4O5. The van der Waals surface area contributed by atoms with E-state index in [0.29, 0.717) is 27.8 Å². The molecule has 0 radical (unpaired) electrons. The Bertz CT molecular complexity index is 1540. The summed E-state index contributed by atoms with van der Waals surface area (Å²) in [5.74, 6) is -2.52. The summed E-state index contributed by atoms with van der Waals surface area (Å²) in [5, 5.41) is 12.2. The van der Waals surface area contributed by atoms with Crippen molar-refractivity contribution in [3.05, 3.63) is 87.7 Å². The Kier molecular flexibility index (Phi) is 4.13. The molecule has 0 saturated heterocycles. The number of benzene rings is 2. The number of fused-ring (bicyclic) bond motifs is 2. The highest BCUT2D eigenvalue weighted by atomic mass is 16.4. The molecule has 4 aromatic rings. The number of rotatable bonds is 3. The van der Waals surface area contributed by atoms with Crippen molar-refractivity contribution in [2.75, 3.05) is 5.73 Å². The van der Waals surface area contributed by atoms with Crippen LogP contribution in [0.2, 0.25) is 0 Å². The summed E-state index contributed by atoms with van der Waals surface area (Å²) in [6.07, 6.45) is 0. The Labute approximate surface area is 179 Å². The fourth-order valence-electron chi connectivity index (χ4n) is 3.83. The lowest BCUT2D eigenvalue weighted by Gasteiger charge is -2.13. The Hall–Kier alpha value is -4.79. The molecule has 3 heterocycles. The van der Waals surface area contributed by atoms with Gasteiger partial charge in [-0.15, -0.1) is 0 Å². The quantitative estimate of drug-likeness (QED) is 0.426. The molecule has 0 saturated carbocycles. The fourth-order valence-corrected chi connectivity index (χ4v) is 3.83. The standard InChI is InChI=1S/C23H14N4O5/c24-20-19-15(21(29)26-22(19)30)10-18(28)27(20)12-7-5-11(6-8-12)17-9-14(23(31)32)13-3-1-2-4-16(13)25-17/h1-10H,24H2,(H,31,32)(H,26,29,30). The highest BCUT2D eigenvalue weighted by Gasteiger charge is 2.31. The first kappa shape index (κ1) is 19.2. The van der Waals surface area contributed by atoms with E-state index in [1.54, 1.807) is 48.5 Å². The van der Waals surface area contributed by atoms with Crippen molar-refractivity contribution >= 4 is 34.5 Å². The normalized spacial score (nSPS) is 12.6. The van der Waals surface area contributed by atoms with Crippen molar-refractivity contribution in [2.24, 2.45) is 0 Å².